The van der Waals surface area contributed by atoms with E-state index in [-0.39, 0.29) is 11.7 Å². The van der Waals surface area contributed by atoms with Crippen LogP contribution in [0.15, 0.2) is 84.0 Å². The number of nitrogens with zero attached hydrogens (tertiary/aromatic N) is 3. The van der Waals surface area contributed by atoms with Gasteiger partial charge in [-0.05, 0) is 60.7 Å². The van der Waals surface area contributed by atoms with Gasteiger partial charge in [0.05, 0.1) is 12.9 Å². The van der Waals surface area contributed by atoms with Gasteiger partial charge in [0.2, 0.25) is 5.91 Å². The summed E-state index contributed by atoms with van der Waals surface area (Å²) in [7, 11) is 1.63. The monoisotopic (exact) mass is 450 g/mol. The molecule has 6 nitrogen and oxygen atoms in total. The maximum atomic E-state index is 12.4. The Morgan fingerprint density at radius 3 is 2.39 bits per heavy atom. The number of nitrogens with one attached hydrogen (secondary N) is 1. The predicted octanol–water partition coefficient (Wildman–Crippen LogP) is 5.33. The fourth-order valence-electron chi connectivity index (χ4n) is 2.96. The number of methoxy groups -OCH3 is 1. The maximum absolute atomic E-state index is 12.4. The van der Waals surface area contributed by atoms with Crippen molar-refractivity contribution < 1.29 is 9.53 Å². The topological polar surface area (TPSA) is 69.0 Å². The number of carbonyl (C=O) groups excluding carboxylic acids is 1. The number of thioether (sulfide) groups is 1. The van der Waals surface area contributed by atoms with E-state index in [9.17, 15) is 4.79 Å². The molecule has 0 radical (unpaired) electrons. The lowest BCUT2D eigenvalue weighted by molar-refractivity contribution is -0.113. The van der Waals surface area contributed by atoms with Crippen molar-refractivity contribution in [1.29, 1.82) is 0 Å². The molecular formula is C23H19ClN4O2S. The van der Waals surface area contributed by atoms with E-state index in [0.717, 1.165) is 17.0 Å². The highest BCUT2D eigenvalue weighted by Crippen LogP contribution is 2.29. The summed E-state index contributed by atoms with van der Waals surface area (Å²) in [4.78, 5) is 12.4. The number of rotatable bonds is 7. The van der Waals surface area contributed by atoms with Crippen LogP contribution in [0, 0.1) is 0 Å². The molecular weight excluding hydrogens is 432 g/mol. The van der Waals surface area contributed by atoms with Crippen molar-refractivity contribution in [2.45, 2.75) is 5.16 Å². The van der Waals surface area contributed by atoms with Crippen LogP contribution >= 0.6 is 23.4 Å². The third-order valence-corrected chi connectivity index (χ3v) is 5.64. The summed E-state index contributed by atoms with van der Waals surface area (Å²) in [5.74, 6) is 1.51. The van der Waals surface area contributed by atoms with Crippen LogP contribution in [0.5, 0.6) is 5.75 Å². The van der Waals surface area contributed by atoms with Gasteiger partial charge in [0, 0.05) is 22.0 Å². The van der Waals surface area contributed by atoms with Crippen molar-refractivity contribution in [2.24, 2.45) is 0 Å². The molecule has 0 bridgehead atoms. The Morgan fingerprint density at radius 2 is 1.71 bits per heavy atom. The fourth-order valence-corrected chi connectivity index (χ4v) is 3.84. The Hall–Kier alpha value is -3.29. The second kappa shape index (κ2) is 9.68. The zero-order chi connectivity index (χ0) is 21.6. The lowest BCUT2D eigenvalue weighted by Crippen LogP contribution is -2.14. The summed E-state index contributed by atoms with van der Waals surface area (Å²) in [6.45, 7) is 0. The molecule has 1 heterocycles. The molecule has 0 fully saturated rings. The van der Waals surface area contributed by atoms with Gasteiger partial charge in [-0.1, -0.05) is 41.6 Å². The van der Waals surface area contributed by atoms with E-state index in [4.69, 9.17) is 16.3 Å². The zero-order valence-electron chi connectivity index (χ0n) is 16.7. The summed E-state index contributed by atoms with van der Waals surface area (Å²) in [6.07, 6.45) is 0. The molecule has 0 unspecified atom stereocenters. The number of hydrogen-bond donors (Lipinski definition) is 1. The lowest BCUT2D eigenvalue weighted by Gasteiger charge is -2.11. The third kappa shape index (κ3) is 5.07. The number of hydrogen-bond acceptors (Lipinski definition) is 5. The average molecular weight is 451 g/mol. The molecule has 3 aromatic carbocycles. The second-order valence-electron chi connectivity index (χ2n) is 6.55. The van der Waals surface area contributed by atoms with Crippen LogP contribution < -0.4 is 10.1 Å². The molecule has 4 rings (SSSR count). The van der Waals surface area contributed by atoms with Gasteiger partial charge in [0.25, 0.3) is 0 Å². The summed E-state index contributed by atoms with van der Waals surface area (Å²) >= 11 is 7.22. The van der Waals surface area contributed by atoms with Crippen molar-refractivity contribution in [3.05, 3.63) is 83.9 Å². The molecule has 0 atom stereocenters. The van der Waals surface area contributed by atoms with E-state index < -0.39 is 0 Å². The number of anilines is 1. The number of aromatic nitrogens is 3. The minimum absolute atomic E-state index is 0.138. The quantitative estimate of drug-likeness (QED) is 0.385. The van der Waals surface area contributed by atoms with E-state index in [1.54, 1.807) is 31.4 Å². The van der Waals surface area contributed by atoms with Gasteiger partial charge in [-0.25, -0.2) is 0 Å². The van der Waals surface area contributed by atoms with Crippen LogP contribution in [0.2, 0.25) is 5.02 Å². The molecule has 0 aliphatic rings. The average Bonchev–Trinajstić information content (AvgIpc) is 3.24. The largest absolute Gasteiger partial charge is 0.497 e. The molecule has 0 saturated carbocycles. The smallest absolute Gasteiger partial charge is 0.234 e. The van der Waals surface area contributed by atoms with Crippen molar-refractivity contribution >= 4 is 35.0 Å². The first kappa shape index (κ1) is 21.0. The van der Waals surface area contributed by atoms with Gasteiger partial charge in [-0.15, -0.1) is 10.2 Å². The molecule has 0 aliphatic carbocycles. The molecule has 0 saturated heterocycles. The van der Waals surface area contributed by atoms with Gasteiger partial charge >= 0.3 is 0 Å². The number of halogens is 1. The summed E-state index contributed by atoms with van der Waals surface area (Å²) < 4.78 is 7.19. The first-order valence-corrected chi connectivity index (χ1v) is 10.8. The van der Waals surface area contributed by atoms with Crippen LogP contribution in [-0.4, -0.2) is 33.5 Å². The first-order valence-electron chi connectivity index (χ1n) is 9.47. The van der Waals surface area contributed by atoms with Crippen molar-refractivity contribution in [2.75, 3.05) is 18.2 Å². The molecule has 0 aliphatic heterocycles. The van der Waals surface area contributed by atoms with Crippen molar-refractivity contribution in [3.63, 3.8) is 0 Å². The molecule has 31 heavy (non-hydrogen) atoms. The standard InChI is InChI=1S/C23H19ClN4O2S/c1-30-20-13-7-16(8-14-20)22-26-27-23(28(22)19-5-3-2-4-6-19)31-15-21(29)25-18-11-9-17(24)10-12-18/h2-14H,15H2,1H3,(H,25,29). The minimum atomic E-state index is -0.138. The second-order valence-corrected chi connectivity index (χ2v) is 7.93. The molecule has 4 aromatic rings. The SMILES string of the molecule is COc1ccc(-c2nnc(SCC(=O)Nc3ccc(Cl)cc3)n2-c2ccccc2)cc1. The molecule has 8 heteroatoms. The Bertz CT molecular complexity index is 1160. The molecule has 1 N–H and O–H groups in total. The normalized spacial score (nSPS) is 10.6. The Labute approximate surface area is 189 Å². The van der Waals surface area contributed by atoms with Gasteiger partial charge in [0.1, 0.15) is 5.75 Å². The molecule has 156 valence electrons. The van der Waals surface area contributed by atoms with Crippen LogP contribution in [0.3, 0.4) is 0 Å². The van der Waals surface area contributed by atoms with Crippen LogP contribution in [0.4, 0.5) is 5.69 Å². The van der Waals surface area contributed by atoms with Crippen molar-refractivity contribution in [1.82, 2.24) is 14.8 Å². The van der Waals surface area contributed by atoms with Crippen molar-refractivity contribution in [3.8, 4) is 22.8 Å². The highest BCUT2D eigenvalue weighted by molar-refractivity contribution is 7.99. The first-order chi connectivity index (χ1) is 15.1. The van der Waals surface area contributed by atoms with E-state index in [2.05, 4.69) is 15.5 Å². The highest BCUT2D eigenvalue weighted by Gasteiger charge is 2.17. The lowest BCUT2D eigenvalue weighted by atomic mass is 10.2. The van der Waals surface area contributed by atoms with Crippen LogP contribution in [0.1, 0.15) is 0 Å². The van der Waals surface area contributed by atoms with Gasteiger partial charge in [0.15, 0.2) is 11.0 Å². The number of ether oxygens (including phenoxy) is 1. The van der Waals surface area contributed by atoms with Gasteiger partial charge in [-0.3, -0.25) is 9.36 Å². The molecule has 1 amide bonds. The molecule has 1 aromatic heterocycles. The van der Waals surface area contributed by atoms with E-state index in [0.29, 0.717) is 21.7 Å². The zero-order valence-corrected chi connectivity index (χ0v) is 18.2. The Morgan fingerprint density at radius 1 is 1.00 bits per heavy atom. The highest BCUT2D eigenvalue weighted by atomic mass is 35.5. The fraction of sp³-hybridized carbons (Fsp3) is 0.0870. The number of carbonyl (C=O) groups is 1. The summed E-state index contributed by atoms with van der Waals surface area (Å²) in [6, 6.07) is 24.4. The summed E-state index contributed by atoms with van der Waals surface area (Å²) in [5.41, 5.74) is 2.51. The van der Waals surface area contributed by atoms with Gasteiger partial charge < -0.3 is 10.1 Å². The van der Waals surface area contributed by atoms with Crippen LogP contribution in [-0.2, 0) is 4.79 Å². The number of benzene rings is 3. The minimum Gasteiger partial charge on any atom is -0.497 e. The van der Waals surface area contributed by atoms with Crippen LogP contribution in [0.25, 0.3) is 17.1 Å². The van der Waals surface area contributed by atoms with E-state index in [1.807, 2.05) is 59.2 Å². The van der Waals surface area contributed by atoms with E-state index >= 15 is 0 Å². The predicted molar refractivity (Wildman–Crippen MR) is 124 cm³/mol. The molecule has 0 spiro atoms. The Balaban J connectivity index is 1.57. The summed E-state index contributed by atoms with van der Waals surface area (Å²) in [5, 5.41) is 12.9. The third-order valence-electron chi connectivity index (χ3n) is 4.46. The number of para-hydroxylation sites is 1. The van der Waals surface area contributed by atoms with E-state index in [1.165, 1.54) is 11.8 Å². The maximum Gasteiger partial charge on any atom is 0.234 e. The Kier molecular flexibility index (Phi) is 6.54. The van der Waals surface area contributed by atoms with Gasteiger partial charge in [-0.2, -0.15) is 0 Å². The number of amides is 1.